The Balaban J connectivity index is 1.59. The van der Waals surface area contributed by atoms with Crippen molar-refractivity contribution in [3.63, 3.8) is 0 Å². The minimum absolute atomic E-state index is 0.200. The number of rotatable bonds is 5. The highest BCUT2D eigenvalue weighted by Gasteiger charge is 2.08. The Hall–Kier alpha value is -3.67. The van der Waals surface area contributed by atoms with Crippen LogP contribution < -0.4 is 10.7 Å². The van der Waals surface area contributed by atoms with Gasteiger partial charge in [-0.3, -0.25) is 9.59 Å². The van der Waals surface area contributed by atoms with Crippen LogP contribution in [0.4, 0.5) is 5.69 Å². The molecule has 0 atom stereocenters. The first-order valence-electron chi connectivity index (χ1n) is 7.97. The summed E-state index contributed by atoms with van der Waals surface area (Å²) in [5.41, 5.74) is 5.04. The van der Waals surface area contributed by atoms with Gasteiger partial charge in [0.2, 0.25) is 0 Å². The average Bonchev–Trinajstić information content (AvgIpc) is 3.15. The second kappa shape index (κ2) is 7.94. The predicted molar refractivity (Wildman–Crippen MR) is 99.3 cm³/mol. The zero-order valence-corrected chi connectivity index (χ0v) is 14.1. The van der Waals surface area contributed by atoms with Gasteiger partial charge < -0.3 is 9.73 Å². The number of carbonyl (C=O) groups excluding carboxylic acids is 2. The lowest BCUT2D eigenvalue weighted by molar-refractivity contribution is 0.0954. The lowest BCUT2D eigenvalue weighted by Crippen LogP contribution is -2.17. The van der Waals surface area contributed by atoms with E-state index in [-0.39, 0.29) is 11.8 Å². The molecule has 2 N–H and O–H groups in total. The van der Waals surface area contributed by atoms with E-state index in [4.69, 9.17) is 4.42 Å². The number of benzene rings is 2. The number of furan rings is 1. The van der Waals surface area contributed by atoms with Gasteiger partial charge >= 0.3 is 0 Å². The van der Waals surface area contributed by atoms with Crippen LogP contribution in [-0.2, 0) is 0 Å². The van der Waals surface area contributed by atoms with Crippen molar-refractivity contribution in [2.45, 2.75) is 6.92 Å². The van der Waals surface area contributed by atoms with Crippen molar-refractivity contribution in [2.24, 2.45) is 5.10 Å². The summed E-state index contributed by atoms with van der Waals surface area (Å²) in [7, 11) is 0. The largest absolute Gasteiger partial charge is 0.463 e. The zero-order chi connectivity index (χ0) is 18.4. The average molecular weight is 347 g/mol. The maximum atomic E-state index is 12.2. The Labute approximate surface area is 150 Å². The molecule has 3 aromatic rings. The summed E-state index contributed by atoms with van der Waals surface area (Å²) in [6.07, 6.45) is 2.93. The van der Waals surface area contributed by atoms with Crippen LogP contribution >= 0.6 is 0 Å². The van der Waals surface area contributed by atoms with E-state index in [1.54, 1.807) is 42.5 Å². The molecule has 0 bridgehead atoms. The molecule has 0 aliphatic carbocycles. The summed E-state index contributed by atoms with van der Waals surface area (Å²) in [6.45, 7) is 1.93. The van der Waals surface area contributed by atoms with Gasteiger partial charge in [-0.15, -0.1) is 0 Å². The number of nitrogens with one attached hydrogen (secondary N) is 2. The maximum absolute atomic E-state index is 12.2. The van der Waals surface area contributed by atoms with E-state index in [2.05, 4.69) is 15.8 Å². The Kier molecular flexibility index (Phi) is 5.24. The Morgan fingerprint density at radius 2 is 1.77 bits per heavy atom. The van der Waals surface area contributed by atoms with E-state index in [0.29, 0.717) is 22.6 Å². The number of hydrogen-bond donors (Lipinski definition) is 2. The number of hydrogen-bond acceptors (Lipinski definition) is 4. The van der Waals surface area contributed by atoms with Gasteiger partial charge in [0.25, 0.3) is 11.8 Å². The minimum Gasteiger partial charge on any atom is -0.463 e. The highest BCUT2D eigenvalue weighted by molar-refractivity contribution is 6.04. The number of aryl methyl sites for hydroxylation is 1. The highest BCUT2D eigenvalue weighted by Crippen LogP contribution is 2.12. The maximum Gasteiger partial charge on any atom is 0.271 e. The van der Waals surface area contributed by atoms with Crippen molar-refractivity contribution in [3.05, 3.63) is 89.4 Å². The molecule has 0 radical (unpaired) electrons. The number of carbonyl (C=O) groups is 2. The molecule has 26 heavy (non-hydrogen) atoms. The fourth-order valence-corrected chi connectivity index (χ4v) is 2.28. The van der Waals surface area contributed by atoms with Crippen LogP contribution in [-0.4, -0.2) is 18.0 Å². The standard InChI is InChI=1S/C20H17N3O3/c1-14-4-2-5-16(12-14)19(24)22-17-9-7-15(8-10-17)20(25)23-21-13-18-6-3-11-26-18/h2-13H,1H3,(H,22,24)(H,23,25). The summed E-state index contributed by atoms with van der Waals surface area (Å²) in [6, 6.07) is 17.3. The molecule has 1 aromatic heterocycles. The van der Waals surface area contributed by atoms with Crippen LogP contribution in [0.2, 0.25) is 0 Å². The molecule has 1 heterocycles. The van der Waals surface area contributed by atoms with E-state index in [1.807, 2.05) is 25.1 Å². The molecule has 0 spiro atoms. The molecule has 130 valence electrons. The van der Waals surface area contributed by atoms with Gasteiger partial charge in [-0.25, -0.2) is 5.43 Å². The third-order valence-corrected chi connectivity index (χ3v) is 3.59. The Morgan fingerprint density at radius 1 is 0.962 bits per heavy atom. The zero-order valence-electron chi connectivity index (χ0n) is 14.1. The van der Waals surface area contributed by atoms with Crippen molar-refractivity contribution in [1.82, 2.24) is 5.43 Å². The SMILES string of the molecule is Cc1cccc(C(=O)Nc2ccc(C(=O)NN=Cc3ccco3)cc2)c1. The molecule has 0 saturated heterocycles. The number of nitrogens with zero attached hydrogens (tertiary/aromatic N) is 1. The van der Waals surface area contributed by atoms with Crippen LogP contribution in [0.5, 0.6) is 0 Å². The Bertz CT molecular complexity index is 929. The molecular formula is C20H17N3O3. The first-order chi connectivity index (χ1) is 12.6. The van der Waals surface area contributed by atoms with Crippen LogP contribution in [0.15, 0.2) is 76.4 Å². The molecule has 0 saturated carbocycles. The van der Waals surface area contributed by atoms with Gasteiger partial charge in [-0.1, -0.05) is 17.7 Å². The lowest BCUT2D eigenvalue weighted by Gasteiger charge is -2.07. The van der Waals surface area contributed by atoms with E-state index in [9.17, 15) is 9.59 Å². The first-order valence-corrected chi connectivity index (χ1v) is 7.97. The van der Waals surface area contributed by atoms with Crippen LogP contribution in [0.3, 0.4) is 0 Å². The monoisotopic (exact) mass is 347 g/mol. The quantitative estimate of drug-likeness (QED) is 0.546. The topological polar surface area (TPSA) is 83.7 Å². The van der Waals surface area contributed by atoms with E-state index in [1.165, 1.54) is 12.5 Å². The van der Waals surface area contributed by atoms with Gasteiger partial charge in [0.1, 0.15) is 5.76 Å². The lowest BCUT2D eigenvalue weighted by atomic mass is 10.1. The summed E-state index contributed by atoms with van der Waals surface area (Å²) in [4.78, 5) is 24.2. The molecule has 2 aromatic carbocycles. The molecule has 6 nitrogen and oxygen atoms in total. The fraction of sp³-hybridized carbons (Fsp3) is 0.0500. The second-order valence-corrected chi connectivity index (χ2v) is 5.62. The summed E-state index contributed by atoms with van der Waals surface area (Å²) in [5, 5.41) is 6.62. The smallest absolute Gasteiger partial charge is 0.271 e. The number of hydrazone groups is 1. The van der Waals surface area contributed by atoms with Crippen LogP contribution in [0.25, 0.3) is 0 Å². The van der Waals surface area contributed by atoms with Crippen molar-refractivity contribution in [1.29, 1.82) is 0 Å². The molecule has 6 heteroatoms. The van der Waals surface area contributed by atoms with Gasteiger partial charge in [-0.05, 0) is 55.5 Å². The third-order valence-electron chi connectivity index (χ3n) is 3.59. The molecular weight excluding hydrogens is 330 g/mol. The first kappa shape index (κ1) is 17.2. The van der Waals surface area contributed by atoms with Gasteiger partial charge in [-0.2, -0.15) is 5.10 Å². The van der Waals surface area contributed by atoms with Crippen molar-refractivity contribution in [3.8, 4) is 0 Å². The predicted octanol–water partition coefficient (Wildman–Crippen LogP) is 3.60. The van der Waals surface area contributed by atoms with E-state index in [0.717, 1.165) is 5.56 Å². The van der Waals surface area contributed by atoms with Crippen molar-refractivity contribution < 1.29 is 14.0 Å². The highest BCUT2D eigenvalue weighted by atomic mass is 16.3. The summed E-state index contributed by atoms with van der Waals surface area (Å²) >= 11 is 0. The fourth-order valence-electron chi connectivity index (χ4n) is 2.28. The van der Waals surface area contributed by atoms with Crippen LogP contribution in [0.1, 0.15) is 32.0 Å². The number of anilines is 1. The second-order valence-electron chi connectivity index (χ2n) is 5.62. The summed E-state index contributed by atoms with van der Waals surface area (Å²) < 4.78 is 5.08. The molecule has 0 fully saturated rings. The minimum atomic E-state index is -0.357. The summed E-state index contributed by atoms with van der Waals surface area (Å²) in [5.74, 6) is -0.0159. The molecule has 0 unspecified atom stereocenters. The van der Waals surface area contributed by atoms with Gasteiger partial charge in [0, 0.05) is 16.8 Å². The van der Waals surface area contributed by atoms with Crippen molar-refractivity contribution >= 4 is 23.7 Å². The van der Waals surface area contributed by atoms with Crippen molar-refractivity contribution in [2.75, 3.05) is 5.32 Å². The van der Waals surface area contributed by atoms with E-state index < -0.39 is 0 Å². The van der Waals surface area contributed by atoms with Gasteiger partial charge in [0.15, 0.2) is 0 Å². The third kappa shape index (κ3) is 4.45. The van der Waals surface area contributed by atoms with E-state index >= 15 is 0 Å². The number of amides is 2. The molecule has 2 amide bonds. The molecule has 0 aliphatic rings. The molecule has 3 rings (SSSR count). The normalized spacial score (nSPS) is 10.7. The van der Waals surface area contributed by atoms with Crippen LogP contribution in [0, 0.1) is 6.92 Å². The molecule has 0 aliphatic heterocycles. The Morgan fingerprint density at radius 3 is 2.46 bits per heavy atom. The van der Waals surface area contributed by atoms with Gasteiger partial charge in [0.05, 0.1) is 12.5 Å².